The van der Waals surface area contributed by atoms with Gasteiger partial charge in [0.2, 0.25) is 0 Å². The molecule has 1 N–H and O–H groups in total. The normalized spacial score (nSPS) is 9.71. The fraction of sp³-hybridized carbons (Fsp3) is 0.273. The van der Waals surface area contributed by atoms with Crippen LogP contribution in [-0.2, 0) is 0 Å². The van der Waals surface area contributed by atoms with E-state index < -0.39 is 0 Å². The number of rotatable bonds is 3. The lowest BCUT2D eigenvalue weighted by Crippen LogP contribution is -1.99. The molecule has 0 heterocycles. The molecule has 1 aromatic rings. The van der Waals surface area contributed by atoms with Crippen LogP contribution in [0.4, 0.5) is 5.69 Å². The van der Waals surface area contributed by atoms with Crippen LogP contribution in [0.3, 0.4) is 0 Å². The van der Waals surface area contributed by atoms with Gasteiger partial charge in [-0.2, -0.15) is 0 Å². The van der Waals surface area contributed by atoms with Gasteiger partial charge in [-0.1, -0.05) is 39.2 Å². The SMILES string of the molecule is CC(C)=CCNc1cc(Br)ccc1Cl. The monoisotopic (exact) mass is 273 g/mol. The topological polar surface area (TPSA) is 12.0 Å². The molecule has 14 heavy (non-hydrogen) atoms. The number of hydrogen-bond donors (Lipinski definition) is 1. The van der Waals surface area contributed by atoms with Gasteiger partial charge in [0.15, 0.2) is 0 Å². The lowest BCUT2D eigenvalue weighted by Gasteiger charge is -2.06. The molecule has 0 aromatic heterocycles. The molecule has 0 radical (unpaired) electrons. The third-order valence-corrected chi connectivity index (χ3v) is 2.55. The molecule has 0 aliphatic heterocycles. The summed E-state index contributed by atoms with van der Waals surface area (Å²) >= 11 is 9.41. The highest BCUT2D eigenvalue weighted by atomic mass is 79.9. The first kappa shape index (κ1) is 11.6. The van der Waals surface area contributed by atoms with Crippen LogP contribution in [0.2, 0.25) is 5.02 Å². The maximum absolute atomic E-state index is 6.01. The maximum Gasteiger partial charge on any atom is 0.0638 e. The lowest BCUT2D eigenvalue weighted by molar-refractivity contribution is 1.26. The highest BCUT2D eigenvalue weighted by Crippen LogP contribution is 2.25. The number of allylic oxidation sites excluding steroid dienone is 1. The Morgan fingerprint density at radius 1 is 1.50 bits per heavy atom. The highest BCUT2D eigenvalue weighted by molar-refractivity contribution is 9.10. The molecule has 0 fully saturated rings. The van der Waals surface area contributed by atoms with Gasteiger partial charge >= 0.3 is 0 Å². The van der Waals surface area contributed by atoms with Gasteiger partial charge in [0, 0.05) is 11.0 Å². The van der Waals surface area contributed by atoms with E-state index in [1.54, 1.807) is 0 Å². The molecule has 1 aromatic carbocycles. The van der Waals surface area contributed by atoms with Gasteiger partial charge < -0.3 is 5.32 Å². The molecule has 76 valence electrons. The lowest BCUT2D eigenvalue weighted by atomic mass is 10.3. The molecule has 0 saturated carbocycles. The molecule has 3 heteroatoms. The van der Waals surface area contributed by atoms with Crippen LogP contribution in [0, 0.1) is 0 Å². The van der Waals surface area contributed by atoms with E-state index in [-0.39, 0.29) is 0 Å². The maximum atomic E-state index is 6.01. The summed E-state index contributed by atoms with van der Waals surface area (Å²) < 4.78 is 1.03. The van der Waals surface area contributed by atoms with Crippen molar-refractivity contribution in [2.24, 2.45) is 0 Å². The Hall–Kier alpha value is -0.470. The average molecular weight is 275 g/mol. The largest absolute Gasteiger partial charge is 0.380 e. The first-order chi connectivity index (χ1) is 6.59. The van der Waals surface area contributed by atoms with Crippen molar-refractivity contribution in [1.29, 1.82) is 0 Å². The Balaban J connectivity index is 2.67. The quantitative estimate of drug-likeness (QED) is 0.801. The van der Waals surface area contributed by atoms with Crippen molar-refractivity contribution in [2.75, 3.05) is 11.9 Å². The standard InChI is InChI=1S/C11H13BrClN/c1-8(2)5-6-14-11-7-9(12)3-4-10(11)13/h3-5,7,14H,6H2,1-2H3. The van der Waals surface area contributed by atoms with Crippen LogP contribution in [0.15, 0.2) is 34.3 Å². The molecule has 0 unspecified atom stereocenters. The molecule has 0 bridgehead atoms. The first-order valence-corrected chi connectivity index (χ1v) is 5.59. The van der Waals surface area contributed by atoms with Crippen LogP contribution in [0.1, 0.15) is 13.8 Å². The molecule has 0 aliphatic carbocycles. The van der Waals surface area contributed by atoms with Gasteiger partial charge in [-0.3, -0.25) is 0 Å². The van der Waals surface area contributed by atoms with Crippen molar-refractivity contribution in [3.05, 3.63) is 39.3 Å². The molecular weight excluding hydrogens is 261 g/mol. The molecule has 0 aliphatic rings. The Bertz CT molecular complexity index is 343. The molecule has 0 spiro atoms. The van der Waals surface area contributed by atoms with Crippen molar-refractivity contribution >= 4 is 33.2 Å². The first-order valence-electron chi connectivity index (χ1n) is 4.42. The molecule has 1 rings (SSSR count). The van der Waals surface area contributed by atoms with Gasteiger partial charge in [-0.05, 0) is 32.0 Å². The van der Waals surface area contributed by atoms with E-state index in [0.717, 1.165) is 21.7 Å². The van der Waals surface area contributed by atoms with E-state index in [0.29, 0.717) is 0 Å². The number of anilines is 1. The predicted molar refractivity (Wildman–Crippen MR) is 67.1 cm³/mol. The summed E-state index contributed by atoms with van der Waals surface area (Å²) in [6.07, 6.45) is 2.12. The number of nitrogens with one attached hydrogen (secondary N) is 1. The Labute approximate surface area is 98.3 Å². The van der Waals surface area contributed by atoms with Crippen LogP contribution in [-0.4, -0.2) is 6.54 Å². The minimum Gasteiger partial charge on any atom is -0.380 e. The van der Waals surface area contributed by atoms with Gasteiger partial charge in [0.1, 0.15) is 0 Å². The van der Waals surface area contributed by atoms with Gasteiger partial charge in [-0.25, -0.2) is 0 Å². The fourth-order valence-corrected chi connectivity index (χ4v) is 1.54. The van der Waals surface area contributed by atoms with Gasteiger partial charge in [-0.15, -0.1) is 0 Å². The molecule has 0 saturated heterocycles. The minimum absolute atomic E-state index is 0.746. The van der Waals surface area contributed by atoms with Crippen molar-refractivity contribution in [3.63, 3.8) is 0 Å². The van der Waals surface area contributed by atoms with Crippen molar-refractivity contribution in [1.82, 2.24) is 0 Å². The number of halogens is 2. The van der Waals surface area contributed by atoms with Crippen LogP contribution >= 0.6 is 27.5 Å². The summed E-state index contributed by atoms with van der Waals surface area (Å²) in [7, 11) is 0. The van der Waals surface area contributed by atoms with Crippen LogP contribution in [0.25, 0.3) is 0 Å². The third-order valence-electron chi connectivity index (χ3n) is 1.73. The van der Waals surface area contributed by atoms with Crippen molar-refractivity contribution in [3.8, 4) is 0 Å². The van der Waals surface area contributed by atoms with E-state index in [1.165, 1.54) is 5.57 Å². The average Bonchev–Trinajstić information content (AvgIpc) is 2.10. The number of benzene rings is 1. The second-order valence-electron chi connectivity index (χ2n) is 3.29. The number of hydrogen-bond acceptors (Lipinski definition) is 1. The van der Waals surface area contributed by atoms with Crippen LogP contribution in [0.5, 0.6) is 0 Å². The molecule has 0 amide bonds. The van der Waals surface area contributed by atoms with E-state index in [9.17, 15) is 0 Å². The summed E-state index contributed by atoms with van der Waals surface area (Å²) in [4.78, 5) is 0. The zero-order valence-corrected chi connectivity index (χ0v) is 10.6. The van der Waals surface area contributed by atoms with Gasteiger partial charge in [0.05, 0.1) is 10.7 Å². The zero-order chi connectivity index (χ0) is 10.6. The Kier molecular flexibility index (Phi) is 4.49. The highest BCUT2D eigenvalue weighted by Gasteiger charge is 1.98. The summed E-state index contributed by atoms with van der Waals surface area (Å²) in [5.41, 5.74) is 2.25. The second kappa shape index (κ2) is 5.42. The smallest absolute Gasteiger partial charge is 0.0638 e. The minimum atomic E-state index is 0.746. The van der Waals surface area contributed by atoms with E-state index in [2.05, 4.69) is 41.2 Å². The van der Waals surface area contributed by atoms with E-state index >= 15 is 0 Å². The second-order valence-corrected chi connectivity index (χ2v) is 4.61. The summed E-state index contributed by atoms with van der Waals surface area (Å²) in [6, 6.07) is 5.77. The predicted octanol–water partition coefficient (Wildman–Crippen LogP) is 4.48. The summed E-state index contributed by atoms with van der Waals surface area (Å²) in [5.74, 6) is 0. The van der Waals surface area contributed by atoms with Crippen LogP contribution < -0.4 is 5.32 Å². The Morgan fingerprint density at radius 3 is 2.86 bits per heavy atom. The molecular formula is C11H13BrClN. The fourth-order valence-electron chi connectivity index (χ4n) is 0.998. The summed E-state index contributed by atoms with van der Waals surface area (Å²) in [6.45, 7) is 4.95. The van der Waals surface area contributed by atoms with E-state index in [1.807, 2.05) is 18.2 Å². The van der Waals surface area contributed by atoms with Crippen molar-refractivity contribution < 1.29 is 0 Å². The molecule has 0 atom stereocenters. The summed E-state index contributed by atoms with van der Waals surface area (Å²) in [5, 5.41) is 3.99. The molecule has 1 nitrogen and oxygen atoms in total. The van der Waals surface area contributed by atoms with Crippen molar-refractivity contribution in [2.45, 2.75) is 13.8 Å². The third kappa shape index (κ3) is 3.72. The van der Waals surface area contributed by atoms with E-state index in [4.69, 9.17) is 11.6 Å². The zero-order valence-electron chi connectivity index (χ0n) is 8.27. The van der Waals surface area contributed by atoms with Gasteiger partial charge in [0.25, 0.3) is 0 Å². The Morgan fingerprint density at radius 2 is 2.21 bits per heavy atom.